The van der Waals surface area contributed by atoms with Crippen molar-refractivity contribution in [1.29, 1.82) is 0 Å². The highest BCUT2D eigenvalue weighted by Crippen LogP contribution is 2.26. The summed E-state index contributed by atoms with van der Waals surface area (Å²) >= 11 is 0. The maximum atomic E-state index is 13.0. The molecule has 4 aliphatic rings. The molecule has 1 aliphatic carbocycles. The topological polar surface area (TPSA) is 73.6 Å². The molecule has 8 nitrogen and oxygen atoms in total. The third-order valence-electron chi connectivity index (χ3n) is 7.76. The SMILES string of the molecule is COc1ccc(C2=NC3CCN(CC(=O)N4CCN(C5CCCC5)CC4)CCC3C=N2)cn1. The number of carbonyl (C=O) groups excluding carboxylic acids is 1. The fourth-order valence-corrected chi connectivity index (χ4v) is 5.69. The van der Waals surface area contributed by atoms with Crippen LogP contribution in [0, 0.1) is 5.92 Å². The molecule has 2 atom stereocenters. The second-order valence-corrected chi connectivity index (χ2v) is 9.76. The van der Waals surface area contributed by atoms with E-state index in [1.807, 2.05) is 12.1 Å². The molecule has 3 fully saturated rings. The Morgan fingerprint density at radius 3 is 2.55 bits per heavy atom. The average molecular weight is 453 g/mol. The molecule has 178 valence electrons. The van der Waals surface area contributed by atoms with Crippen LogP contribution in [0.2, 0.25) is 0 Å². The van der Waals surface area contributed by atoms with E-state index in [-0.39, 0.29) is 11.9 Å². The Labute approximate surface area is 196 Å². The van der Waals surface area contributed by atoms with Gasteiger partial charge in [-0.2, -0.15) is 0 Å². The summed E-state index contributed by atoms with van der Waals surface area (Å²) in [6.07, 6.45) is 11.2. The van der Waals surface area contributed by atoms with Crippen molar-refractivity contribution in [3.8, 4) is 5.88 Å². The number of carbonyl (C=O) groups is 1. The van der Waals surface area contributed by atoms with Crippen LogP contribution in [-0.2, 0) is 4.79 Å². The number of amidine groups is 1. The Hall–Kier alpha value is -2.32. The van der Waals surface area contributed by atoms with E-state index < -0.39 is 0 Å². The molecule has 5 rings (SSSR count). The first kappa shape index (κ1) is 22.5. The van der Waals surface area contributed by atoms with Crippen molar-refractivity contribution < 1.29 is 9.53 Å². The molecule has 2 saturated heterocycles. The molecule has 33 heavy (non-hydrogen) atoms. The number of amides is 1. The molecule has 0 aromatic carbocycles. The molecule has 1 amide bonds. The molecular formula is C25H36N6O2. The number of rotatable bonds is 5. The largest absolute Gasteiger partial charge is 0.481 e. The fourth-order valence-electron chi connectivity index (χ4n) is 5.69. The van der Waals surface area contributed by atoms with E-state index in [2.05, 4.69) is 30.9 Å². The van der Waals surface area contributed by atoms with Crippen molar-refractivity contribution >= 4 is 18.0 Å². The molecule has 1 aromatic heterocycles. The zero-order valence-corrected chi connectivity index (χ0v) is 19.7. The fraction of sp³-hybridized carbons (Fsp3) is 0.680. The lowest BCUT2D eigenvalue weighted by atomic mass is 9.95. The summed E-state index contributed by atoms with van der Waals surface area (Å²) < 4.78 is 5.15. The minimum absolute atomic E-state index is 0.217. The highest BCUT2D eigenvalue weighted by atomic mass is 16.5. The second kappa shape index (κ2) is 10.3. The number of ether oxygens (including phenoxy) is 1. The number of methoxy groups -OCH3 is 1. The number of fused-ring (bicyclic) bond motifs is 1. The summed E-state index contributed by atoms with van der Waals surface area (Å²) in [6.45, 7) is 6.19. The van der Waals surface area contributed by atoms with Crippen LogP contribution in [0.3, 0.4) is 0 Å². The van der Waals surface area contributed by atoms with Crippen LogP contribution in [0.5, 0.6) is 5.88 Å². The lowest BCUT2D eigenvalue weighted by Crippen LogP contribution is -2.53. The first-order chi connectivity index (χ1) is 16.2. The van der Waals surface area contributed by atoms with Crippen LogP contribution in [0.15, 0.2) is 28.3 Å². The quantitative estimate of drug-likeness (QED) is 0.684. The van der Waals surface area contributed by atoms with Gasteiger partial charge in [0.05, 0.1) is 19.7 Å². The number of likely N-dealkylation sites (tertiary alicyclic amines) is 1. The van der Waals surface area contributed by atoms with Gasteiger partial charge >= 0.3 is 0 Å². The Balaban J connectivity index is 1.13. The van der Waals surface area contributed by atoms with Gasteiger partial charge in [-0.05, 0) is 38.3 Å². The van der Waals surface area contributed by atoms with Crippen molar-refractivity contribution in [1.82, 2.24) is 19.7 Å². The summed E-state index contributed by atoms with van der Waals surface area (Å²) in [4.78, 5) is 33.9. The molecule has 3 aliphatic heterocycles. The number of hydrogen-bond donors (Lipinski definition) is 0. The maximum absolute atomic E-state index is 13.0. The molecule has 8 heteroatoms. The van der Waals surface area contributed by atoms with Gasteiger partial charge in [0.1, 0.15) is 0 Å². The third kappa shape index (κ3) is 5.27. The molecule has 4 heterocycles. The third-order valence-corrected chi connectivity index (χ3v) is 7.76. The van der Waals surface area contributed by atoms with Crippen molar-refractivity contribution in [2.75, 3.05) is 52.9 Å². The number of aliphatic imine (C=N–C) groups is 2. The van der Waals surface area contributed by atoms with Gasteiger partial charge in [0, 0.05) is 68.7 Å². The van der Waals surface area contributed by atoms with Gasteiger partial charge in [-0.3, -0.25) is 19.6 Å². The maximum Gasteiger partial charge on any atom is 0.236 e. The van der Waals surface area contributed by atoms with Crippen LogP contribution in [0.1, 0.15) is 44.1 Å². The normalized spacial score (nSPS) is 27.2. The summed E-state index contributed by atoms with van der Waals surface area (Å²) in [7, 11) is 1.61. The number of piperazine rings is 1. The zero-order valence-electron chi connectivity index (χ0n) is 19.7. The Morgan fingerprint density at radius 2 is 1.82 bits per heavy atom. The number of nitrogens with zero attached hydrogens (tertiary/aromatic N) is 6. The van der Waals surface area contributed by atoms with E-state index in [1.54, 1.807) is 13.3 Å². The molecule has 0 radical (unpaired) electrons. The monoisotopic (exact) mass is 452 g/mol. The van der Waals surface area contributed by atoms with E-state index in [0.29, 0.717) is 18.3 Å². The van der Waals surface area contributed by atoms with Crippen molar-refractivity contribution in [3.05, 3.63) is 23.9 Å². The molecule has 0 spiro atoms. The average Bonchev–Trinajstić information content (AvgIpc) is 3.33. The molecule has 0 N–H and O–H groups in total. The minimum atomic E-state index is 0.217. The molecule has 2 unspecified atom stereocenters. The predicted octanol–water partition coefficient (Wildman–Crippen LogP) is 2.09. The number of hydrogen-bond acceptors (Lipinski definition) is 7. The molecular weight excluding hydrogens is 416 g/mol. The van der Waals surface area contributed by atoms with Gasteiger partial charge in [-0.25, -0.2) is 9.98 Å². The van der Waals surface area contributed by atoms with E-state index >= 15 is 0 Å². The summed E-state index contributed by atoms with van der Waals surface area (Å²) in [5, 5.41) is 0. The Bertz CT molecular complexity index is 871. The minimum Gasteiger partial charge on any atom is -0.481 e. The second-order valence-electron chi connectivity index (χ2n) is 9.76. The van der Waals surface area contributed by atoms with Crippen LogP contribution in [-0.4, -0.2) is 103 Å². The van der Waals surface area contributed by atoms with Gasteiger partial charge in [-0.1, -0.05) is 12.8 Å². The van der Waals surface area contributed by atoms with Gasteiger partial charge in [-0.15, -0.1) is 0 Å². The lowest BCUT2D eigenvalue weighted by molar-refractivity contribution is -0.134. The zero-order chi connectivity index (χ0) is 22.6. The van der Waals surface area contributed by atoms with Crippen molar-refractivity contribution in [3.63, 3.8) is 0 Å². The van der Waals surface area contributed by atoms with Gasteiger partial charge in [0.25, 0.3) is 0 Å². The van der Waals surface area contributed by atoms with Crippen LogP contribution < -0.4 is 4.74 Å². The van der Waals surface area contributed by atoms with Crippen LogP contribution in [0.25, 0.3) is 0 Å². The lowest BCUT2D eigenvalue weighted by Gasteiger charge is -2.38. The first-order valence-corrected chi connectivity index (χ1v) is 12.6. The Kier molecular flexibility index (Phi) is 7.02. The number of pyridine rings is 1. The summed E-state index contributed by atoms with van der Waals surface area (Å²) in [6, 6.07) is 4.77. The highest BCUT2D eigenvalue weighted by molar-refractivity contribution is 6.04. The van der Waals surface area contributed by atoms with Gasteiger partial charge < -0.3 is 9.64 Å². The molecule has 0 bridgehead atoms. The van der Waals surface area contributed by atoms with E-state index in [0.717, 1.165) is 69.6 Å². The van der Waals surface area contributed by atoms with Crippen LogP contribution >= 0.6 is 0 Å². The van der Waals surface area contributed by atoms with Crippen molar-refractivity contribution in [2.45, 2.75) is 50.6 Å². The summed E-state index contributed by atoms with van der Waals surface area (Å²) in [5.74, 6) is 1.96. The Morgan fingerprint density at radius 1 is 1.03 bits per heavy atom. The first-order valence-electron chi connectivity index (χ1n) is 12.6. The van der Waals surface area contributed by atoms with E-state index in [4.69, 9.17) is 9.73 Å². The van der Waals surface area contributed by atoms with E-state index in [9.17, 15) is 4.79 Å². The number of aromatic nitrogens is 1. The molecule has 1 saturated carbocycles. The van der Waals surface area contributed by atoms with Crippen LogP contribution in [0.4, 0.5) is 0 Å². The van der Waals surface area contributed by atoms with Crippen molar-refractivity contribution in [2.24, 2.45) is 15.9 Å². The highest BCUT2D eigenvalue weighted by Gasteiger charge is 2.31. The standard InChI is InChI=1S/C25H36N6O2/c1-33-23-7-6-20(17-26-23)25-27-16-19-8-10-29(11-9-22(19)28-25)18-24(32)31-14-12-30(13-15-31)21-4-2-3-5-21/h6-7,16-17,19,21-22H,2-5,8-15,18H2,1H3. The smallest absolute Gasteiger partial charge is 0.236 e. The van der Waals surface area contributed by atoms with E-state index in [1.165, 1.54) is 25.7 Å². The summed E-state index contributed by atoms with van der Waals surface area (Å²) in [5.41, 5.74) is 0.915. The van der Waals surface area contributed by atoms with Gasteiger partial charge in [0.2, 0.25) is 11.8 Å². The van der Waals surface area contributed by atoms with Gasteiger partial charge in [0.15, 0.2) is 5.84 Å². The predicted molar refractivity (Wildman–Crippen MR) is 129 cm³/mol. The molecule has 1 aromatic rings.